The second kappa shape index (κ2) is 5.51. The van der Waals surface area contributed by atoms with Gasteiger partial charge in [0.15, 0.2) is 0 Å². The first-order valence-corrected chi connectivity index (χ1v) is 10.7. The largest absolute Gasteiger partial charge is 0.456 e. The molecule has 5 aromatic rings. The SMILES string of the molecule is CC(C)(C)c1ccc2nc3c(cc2c1)C(C)(C)c1cccc2oc4cccc-3c4c12. The summed E-state index contributed by atoms with van der Waals surface area (Å²) in [7, 11) is 0. The van der Waals surface area contributed by atoms with Crippen LogP contribution in [0.4, 0.5) is 0 Å². The minimum atomic E-state index is -0.191. The molecule has 0 aliphatic heterocycles. The van der Waals surface area contributed by atoms with Gasteiger partial charge in [0.1, 0.15) is 11.2 Å². The second-order valence-electron chi connectivity index (χ2n) is 10.1. The van der Waals surface area contributed by atoms with Crippen LogP contribution in [-0.2, 0) is 10.8 Å². The topological polar surface area (TPSA) is 26.0 Å². The van der Waals surface area contributed by atoms with E-state index >= 15 is 0 Å². The number of furan rings is 1. The molecule has 0 bridgehead atoms. The first kappa shape index (κ1) is 17.7. The molecule has 2 heterocycles. The lowest BCUT2D eigenvalue weighted by Gasteiger charge is -2.28. The third-order valence-corrected chi connectivity index (χ3v) is 6.80. The van der Waals surface area contributed by atoms with Crippen LogP contribution in [-0.4, -0.2) is 4.98 Å². The Balaban J connectivity index is 1.79. The first-order chi connectivity index (χ1) is 14.2. The molecule has 0 spiro atoms. The average Bonchev–Trinajstić information content (AvgIpc) is 3.07. The zero-order chi connectivity index (χ0) is 20.8. The van der Waals surface area contributed by atoms with Crippen molar-refractivity contribution in [2.24, 2.45) is 0 Å². The van der Waals surface area contributed by atoms with Gasteiger partial charge in [-0.05, 0) is 52.4 Å². The molecule has 148 valence electrons. The van der Waals surface area contributed by atoms with Gasteiger partial charge in [0.05, 0.1) is 11.2 Å². The lowest BCUT2D eigenvalue weighted by atomic mass is 9.76. The van der Waals surface area contributed by atoms with E-state index in [0.29, 0.717) is 0 Å². The molecule has 6 rings (SSSR count). The molecule has 0 atom stereocenters. The number of benzene rings is 3. The van der Waals surface area contributed by atoms with Crippen molar-refractivity contribution in [1.82, 2.24) is 4.98 Å². The highest BCUT2D eigenvalue weighted by Gasteiger charge is 2.34. The number of rotatable bonds is 0. The van der Waals surface area contributed by atoms with Crippen molar-refractivity contribution in [1.29, 1.82) is 0 Å². The Morgan fingerprint density at radius 1 is 0.800 bits per heavy atom. The summed E-state index contributed by atoms with van der Waals surface area (Å²) in [6, 6.07) is 21.8. The fourth-order valence-electron chi connectivity index (χ4n) is 5.05. The Bertz CT molecular complexity index is 1490. The van der Waals surface area contributed by atoms with Gasteiger partial charge in [-0.1, -0.05) is 65.0 Å². The highest BCUT2D eigenvalue weighted by molar-refractivity contribution is 6.15. The number of hydrogen-bond acceptors (Lipinski definition) is 2. The predicted octanol–water partition coefficient (Wildman–Crippen LogP) is 7.74. The number of nitrogens with zero attached hydrogens (tertiary/aromatic N) is 1. The van der Waals surface area contributed by atoms with Gasteiger partial charge in [0.25, 0.3) is 0 Å². The van der Waals surface area contributed by atoms with Crippen molar-refractivity contribution >= 4 is 32.8 Å². The van der Waals surface area contributed by atoms with Crippen LogP contribution in [0.25, 0.3) is 44.1 Å². The van der Waals surface area contributed by atoms with E-state index in [0.717, 1.165) is 22.4 Å². The number of hydrogen-bond donors (Lipinski definition) is 0. The summed E-state index contributed by atoms with van der Waals surface area (Å²) in [5, 5.41) is 3.62. The summed E-state index contributed by atoms with van der Waals surface area (Å²) in [6.45, 7) is 11.4. The van der Waals surface area contributed by atoms with Gasteiger partial charge in [-0.3, -0.25) is 0 Å². The number of aromatic nitrogens is 1. The van der Waals surface area contributed by atoms with Crippen molar-refractivity contribution < 1.29 is 4.42 Å². The van der Waals surface area contributed by atoms with Crippen molar-refractivity contribution in [2.75, 3.05) is 0 Å². The average molecular weight is 392 g/mol. The molecule has 3 aromatic carbocycles. The van der Waals surface area contributed by atoms with Crippen LogP contribution < -0.4 is 0 Å². The summed E-state index contributed by atoms with van der Waals surface area (Å²) < 4.78 is 6.23. The molecule has 0 N–H and O–H groups in total. The van der Waals surface area contributed by atoms with Crippen LogP contribution >= 0.6 is 0 Å². The van der Waals surface area contributed by atoms with Crippen LogP contribution in [0, 0.1) is 0 Å². The van der Waals surface area contributed by atoms with Gasteiger partial charge in [-0.25, -0.2) is 4.98 Å². The third-order valence-electron chi connectivity index (χ3n) is 6.80. The van der Waals surface area contributed by atoms with Crippen LogP contribution in [0.3, 0.4) is 0 Å². The fourth-order valence-corrected chi connectivity index (χ4v) is 5.05. The quantitative estimate of drug-likeness (QED) is 0.270. The molecule has 0 saturated heterocycles. The monoisotopic (exact) mass is 391 g/mol. The van der Waals surface area contributed by atoms with E-state index < -0.39 is 0 Å². The Hall–Kier alpha value is -3.13. The van der Waals surface area contributed by atoms with E-state index in [2.05, 4.69) is 95.3 Å². The maximum absolute atomic E-state index is 6.23. The van der Waals surface area contributed by atoms with E-state index in [1.807, 2.05) is 0 Å². The normalized spacial score (nSPS) is 15.1. The molecule has 0 amide bonds. The van der Waals surface area contributed by atoms with Gasteiger partial charge in [-0.2, -0.15) is 0 Å². The fraction of sp³-hybridized carbons (Fsp3) is 0.250. The van der Waals surface area contributed by atoms with E-state index in [1.165, 1.54) is 38.4 Å². The Labute approximate surface area is 176 Å². The molecule has 1 aliphatic rings. The van der Waals surface area contributed by atoms with Crippen LogP contribution in [0.2, 0.25) is 0 Å². The Kier molecular flexibility index (Phi) is 3.25. The van der Waals surface area contributed by atoms with E-state index in [4.69, 9.17) is 9.40 Å². The van der Waals surface area contributed by atoms with E-state index in [1.54, 1.807) is 0 Å². The molecule has 2 heteroatoms. The van der Waals surface area contributed by atoms with Gasteiger partial charge in [0.2, 0.25) is 0 Å². The van der Waals surface area contributed by atoms with Crippen molar-refractivity contribution in [3.05, 3.63) is 77.4 Å². The lowest BCUT2D eigenvalue weighted by molar-refractivity contribution is 0.591. The second-order valence-corrected chi connectivity index (χ2v) is 10.1. The standard InChI is InChI=1S/C28H25NO/c1-27(2,3)17-12-13-21-16(14-17)15-20-26(29-21)18-8-6-10-22-24(18)25-19(28(20,4)5)9-7-11-23(25)30-22/h6-15H,1-5H3. The maximum Gasteiger partial charge on any atom is 0.136 e. The summed E-state index contributed by atoms with van der Waals surface area (Å²) in [5.74, 6) is 0. The predicted molar refractivity (Wildman–Crippen MR) is 125 cm³/mol. The maximum atomic E-state index is 6.23. The molecular formula is C28H25NO. The molecule has 0 radical (unpaired) electrons. The minimum absolute atomic E-state index is 0.109. The molecule has 0 fully saturated rings. The highest BCUT2D eigenvalue weighted by Crippen LogP contribution is 2.49. The van der Waals surface area contributed by atoms with Crippen molar-refractivity contribution in [2.45, 2.75) is 45.4 Å². The molecule has 0 unspecified atom stereocenters. The first-order valence-electron chi connectivity index (χ1n) is 10.7. The molecule has 0 saturated carbocycles. The van der Waals surface area contributed by atoms with Crippen molar-refractivity contribution in [3.63, 3.8) is 0 Å². The van der Waals surface area contributed by atoms with Gasteiger partial charge < -0.3 is 4.42 Å². The van der Waals surface area contributed by atoms with Crippen LogP contribution in [0.15, 0.2) is 65.1 Å². The smallest absolute Gasteiger partial charge is 0.136 e. The highest BCUT2D eigenvalue weighted by atomic mass is 16.3. The van der Waals surface area contributed by atoms with Crippen molar-refractivity contribution in [3.8, 4) is 11.3 Å². The summed E-state index contributed by atoms with van der Waals surface area (Å²) in [6.07, 6.45) is 0. The number of pyridine rings is 1. The lowest BCUT2D eigenvalue weighted by Crippen LogP contribution is -2.20. The summed E-state index contributed by atoms with van der Waals surface area (Å²) in [4.78, 5) is 5.23. The van der Waals surface area contributed by atoms with Gasteiger partial charge in [0, 0.05) is 27.1 Å². The minimum Gasteiger partial charge on any atom is -0.456 e. The summed E-state index contributed by atoms with van der Waals surface area (Å²) >= 11 is 0. The Morgan fingerprint density at radius 3 is 2.30 bits per heavy atom. The molecule has 2 nitrogen and oxygen atoms in total. The summed E-state index contributed by atoms with van der Waals surface area (Å²) in [5.41, 5.74) is 9.00. The van der Waals surface area contributed by atoms with Crippen LogP contribution in [0.1, 0.15) is 51.3 Å². The van der Waals surface area contributed by atoms with Gasteiger partial charge >= 0.3 is 0 Å². The molecule has 2 aromatic heterocycles. The third kappa shape index (κ3) is 2.22. The van der Waals surface area contributed by atoms with E-state index in [-0.39, 0.29) is 10.8 Å². The van der Waals surface area contributed by atoms with Gasteiger partial charge in [-0.15, -0.1) is 0 Å². The zero-order valence-electron chi connectivity index (χ0n) is 18.1. The zero-order valence-corrected chi connectivity index (χ0v) is 18.1. The molecular weight excluding hydrogens is 366 g/mol. The van der Waals surface area contributed by atoms with E-state index in [9.17, 15) is 0 Å². The molecule has 1 aliphatic carbocycles. The Morgan fingerprint density at radius 2 is 1.53 bits per heavy atom. The molecule has 30 heavy (non-hydrogen) atoms. The number of fused-ring (bicyclic) bond motifs is 3. The van der Waals surface area contributed by atoms with Crippen LogP contribution in [0.5, 0.6) is 0 Å².